The van der Waals surface area contributed by atoms with Gasteiger partial charge in [-0.15, -0.1) is 0 Å². The summed E-state index contributed by atoms with van der Waals surface area (Å²) in [5.74, 6) is 0.593. The standard InChI is InChI=1S/C22H29ClN4OS/c1-3-29-22-25-14-18(23)20(26-22)21(28)24-15-19(17-10-8-16(2)9-11-17)27-12-6-4-5-7-13-27/h8-11,14,19H,3-7,12-13,15H2,1-2H3,(H,24,28). The Morgan fingerprint density at radius 2 is 1.90 bits per heavy atom. The Morgan fingerprint density at radius 3 is 2.55 bits per heavy atom. The largest absolute Gasteiger partial charge is 0.349 e. The summed E-state index contributed by atoms with van der Waals surface area (Å²) in [5, 5.41) is 3.93. The van der Waals surface area contributed by atoms with Crippen molar-refractivity contribution in [2.75, 3.05) is 25.4 Å². The first-order valence-electron chi connectivity index (χ1n) is 10.3. The van der Waals surface area contributed by atoms with Crippen molar-refractivity contribution in [2.45, 2.75) is 50.7 Å². The van der Waals surface area contributed by atoms with E-state index in [1.165, 1.54) is 54.8 Å². The fraction of sp³-hybridized carbons (Fsp3) is 0.500. The van der Waals surface area contributed by atoms with E-state index in [4.69, 9.17) is 11.6 Å². The van der Waals surface area contributed by atoms with Gasteiger partial charge in [0.05, 0.1) is 17.3 Å². The summed E-state index contributed by atoms with van der Waals surface area (Å²) in [4.78, 5) is 23.9. The number of aromatic nitrogens is 2. The molecule has 1 aromatic carbocycles. The van der Waals surface area contributed by atoms with Crippen molar-refractivity contribution in [3.63, 3.8) is 0 Å². The molecule has 1 N–H and O–H groups in total. The lowest BCUT2D eigenvalue weighted by Gasteiger charge is -2.31. The zero-order valence-electron chi connectivity index (χ0n) is 17.2. The minimum atomic E-state index is -0.248. The van der Waals surface area contributed by atoms with Crippen LogP contribution >= 0.6 is 23.4 Å². The van der Waals surface area contributed by atoms with Gasteiger partial charge in [0, 0.05) is 6.54 Å². The maximum Gasteiger partial charge on any atom is 0.271 e. The van der Waals surface area contributed by atoms with Crippen LogP contribution in [0.2, 0.25) is 5.02 Å². The van der Waals surface area contributed by atoms with Crippen molar-refractivity contribution in [1.29, 1.82) is 0 Å². The molecule has 1 fully saturated rings. The quantitative estimate of drug-likeness (QED) is 0.498. The Hall–Kier alpha value is -1.63. The van der Waals surface area contributed by atoms with Crippen molar-refractivity contribution in [3.05, 3.63) is 52.3 Å². The van der Waals surface area contributed by atoms with Gasteiger partial charge in [0.1, 0.15) is 0 Å². The van der Waals surface area contributed by atoms with Crippen molar-refractivity contribution in [2.24, 2.45) is 0 Å². The number of likely N-dealkylation sites (tertiary alicyclic amines) is 1. The highest BCUT2D eigenvalue weighted by molar-refractivity contribution is 7.99. The molecule has 156 valence electrons. The molecule has 0 saturated carbocycles. The third-order valence-electron chi connectivity index (χ3n) is 5.21. The summed E-state index contributed by atoms with van der Waals surface area (Å²) >= 11 is 7.70. The number of rotatable bonds is 7. The molecule has 0 bridgehead atoms. The molecule has 7 heteroatoms. The SMILES string of the molecule is CCSc1ncc(Cl)c(C(=O)NCC(c2ccc(C)cc2)N2CCCCCC2)n1. The predicted octanol–water partition coefficient (Wildman–Crippen LogP) is 4.90. The minimum Gasteiger partial charge on any atom is -0.349 e. The Kier molecular flexibility index (Phi) is 8.33. The fourth-order valence-electron chi connectivity index (χ4n) is 3.64. The van der Waals surface area contributed by atoms with E-state index < -0.39 is 0 Å². The zero-order chi connectivity index (χ0) is 20.6. The molecule has 29 heavy (non-hydrogen) atoms. The molecule has 1 saturated heterocycles. The van der Waals surface area contributed by atoms with Gasteiger partial charge in [0.25, 0.3) is 5.91 Å². The number of nitrogens with zero attached hydrogens (tertiary/aromatic N) is 3. The van der Waals surface area contributed by atoms with Crippen LogP contribution in [0.5, 0.6) is 0 Å². The summed E-state index contributed by atoms with van der Waals surface area (Å²) in [7, 11) is 0. The number of aryl methyl sites for hydroxylation is 1. The molecular weight excluding hydrogens is 404 g/mol. The Labute approximate surface area is 182 Å². The summed E-state index contributed by atoms with van der Waals surface area (Å²) in [6.07, 6.45) is 6.46. The minimum absolute atomic E-state index is 0.141. The molecule has 1 unspecified atom stereocenters. The van der Waals surface area contributed by atoms with Crippen molar-refractivity contribution >= 4 is 29.3 Å². The van der Waals surface area contributed by atoms with Gasteiger partial charge in [-0.25, -0.2) is 9.97 Å². The first kappa shape index (κ1) is 22.1. The number of benzene rings is 1. The monoisotopic (exact) mass is 432 g/mol. The first-order chi connectivity index (χ1) is 14.1. The number of nitrogens with one attached hydrogen (secondary N) is 1. The van der Waals surface area contributed by atoms with Gasteiger partial charge < -0.3 is 5.32 Å². The lowest BCUT2D eigenvalue weighted by molar-refractivity contribution is 0.0927. The van der Waals surface area contributed by atoms with Crippen LogP contribution in [0.15, 0.2) is 35.6 Å². The van der Waals surface area contributed by atoms with E-state index in [1.54, 1.807) is 0 Å². The van der Waals surface area contributed by atoms with Gasteiger partial charge in [-0.2, -0.15) is 0 Å². The lowest BCUT2D eigenvalue weighted by atomic mass is 10.0. The average molecular weight is 433 g/mol. The number of carbonyl (C=O) groups excluding carboxylic acids is 1. The molecule has 1 aliphatic heterocycles. The number of carbonyl (C=O) groups is 1. The normalized spacial score (nSPS) is 16.2. The molecule has 0 aliphatic carbocycles. The van der Waals surface area contributed by atoms with Gasteiger partial charge in [-0.3, -0.25) is 9.69 Å². The van der Waals surface area contributed by atoms with Crippen LogP contribution in [0.25, 0.3) is 0 Å². The average Bonchev–Trinajstić information content (AvgIpc) is 3.00. The smallest absolute Gasteiger partial charge is 0.271 e. The third-order valence-corrected chi connectivity index (χ3v) is 6.23. The first-order valence-corrected chi connectivity index (χ1v) is 11.7. The summed E-state index contributed by atoms with van der Waals surface area (Å²) < 4.78 is 0. The Bertz CT molecular complexity index is 807. The Morgan fingerprint density at radius 1 is 1.21 bits per heavy atom. The second-order valence-electron chi connectivity index (χ2n) is 7.37. The molecule has 1 aliphatic rings. The summed E-state index contributed by atoms with van der Waals surface area (Å²) in [6, 6.07) is 8.76. The van der Waals surface area contributed by atoms with Crippen LogP contribution in [0.3, 0.4) is 0 Å². The Balaban J connectivity index is 1.76. The van der Waals surface area contributed by atoms with Crippen molar-refractivity contribution < 1.29 is 4.79 Å². The molecule has 3 rings (SSSR count). The van der Waals surface area contributed by atoms with E-state index in [9.17, 15) is 4.79 Å². The van der Waals surface area contributed by atoms with E-state index in [0.29, 0.717) is 11.7 Å². The maximum atomic E-state index is 12.8. The van der Waals surface area contributed by atoms with Gasteiger partial charge in [-0.05, 0) is 44.2 Å². The van der Waals surface area contributed by atoms with Gasteiger partial charge >= 0.3 is 0 Å². The number of thioether (sulfide) groups is 1. The van der Waals surface area contributed by atoms with Crippen LogP contribution in [-0.2, 0) is 0 Å². The van der Waals surface area contributed by atoms with Crippen LogP contribution in [-0.4, -0.2) is 46.2 Å². The zero-order valence-corrected chi connectivity index (χ0v) is 18.7. The highest BCUT2D eigenvalue weighted by Gasteiger charge is 2.23. The molecule has 1 atom stereocenters. The molecule has 0 radical (unpaired) electrons. The third kappa shape index (κ3) is 6.17. The van der Waals surface area contributed by atoms with E-state index in [0.717, 1.165) is 18.8 Å². The number of amides is 1. The van der Waals surface area contributed by atoms with Gasteiger partial charge in [0.2, 0.25) is 0 Å². The molecule has 2 heterocycles. The molecule has 1 amide bonds. The van der Waals surface area contributed by atoms with Crippen molar-refractivity contribution in [3.8, 4) is 0 Å². The predicted molar refractivity (Wildman–Crippen MR) is 120 cm³/mol. The summed E-state index contributed by atoms with van der Waals surface area (Å²) in [5.41, 5.74) is 2.71. The highest BCUT2D eigenvalue weighted by atomic mass is 35.5. The summed E-state index contributed by atoms with van der Waals surface area (Å²) in [6.45, 7) is 6.75. The van der Waals surface area contributed by atoms with Crippen molar-refractivity contribution in [1.82, 2.24) is 20.2 Å². The number of hydrogen-bond donors (Lipinski definition) is 1. The van der Waals surface area contributed by atoms with Crippen LogP contribution in [0.1, 0.15) is 60.3 Å². The van der Waals surface area contributed by atoms with Crippen LogP contribution in [0.4, 0.5) is 0 Å². The van der Waals surface area contributed by atoms with Crippen LogP contribution in [0, 0.1) is 6.92 Å². The molecule has 5 nitrogen and oxygen atoms in total. The topological polar surface area (TPSA) is 58.1 Å². The van der Waals surface area contributed by atoms with Crippen LogP contribution < -0.4 is 5.32 Å². The van der Waals surface area contributed by atoms with E-state index in [2.05, 4.69) is 51.4 Å². The van der Waals surface area contributed by atoms with Gasteiger partial charge in [0.15, 0.2) is 10.9 Å². The highest BCUT2D eigenvalue weighted by Crippen LogP contribution is 2.25. The maximum absolute atomic E-state index is 12.8. The van der Waals surface area contributed by atoms with Gasteiger partial charge in [-0.1, -0.05) is 73.0 Å². The van der Waals surface area contributed by atoms with E-state index >= 15 is 0 Å². The van der Waals surface area contributed by atoms with E-state index in [-0.39, 0.29) is 22.7 Å². The number of halogens is 1. The molecule has 0 spiro atoms. The lowest BCUT2D eigenvalue weighted by Crippen LogP contribution is -2.39. The second kappa shape index (κ2) is 11.0. The molecule has 2 aromatic rings. The fourth-order valence-corrected chi connectivity index (χ4v) is 4.35. The second-order valence-corrected chi connectivity index (χ2v) is 9.01. The number of hydrogen-bond acceptors (Lipinski definition) is 5. The molecular formula is C22H29ClN4OS. The molecule has 1 aromatic heterocycles. The van der Waals surface area contributed by atoms with E-state index in [1.807, 2.05) is 6.92 Å².